The lowest BCUT2D eigenvalue weighted by atomic mass is 9.94. The van der Waals surface area contributed by atoms with Gasteiger partial charge in [-0.3, -0.25) is 24.8 Å². The molecule has 49 heavy (non-hydrogen) atoms. The summed E-state index contributed by atoms with van der Waals surface area (Å²) >= 11 is 0. The number of H-pyrrole nitrogens is 2. The molecule has 11 nitrogen and oxygen atoms in total. The number of amides is 1. The van der Waals surface area contributed by atoms with Crippen molar-refractivity contribution in [2.24, 2.45) is 5.92 Å². The van der Waals surface area contributed by atoms with Crippen LogP contribution in [0, 0.1) is 11.7 Å². The zero-order valence-electron chi connectivity index (χ0n) is 27.1. The lowest BCUT2D eigenvalue weighted by Crippen LogP contribution is -2.30. The van der Waals surface area contributed by atoms with Crippen molar-refractivity contribution in [1.82, 2.24) is 40.3 Å². The van der Waals surface area contributed by atoms with E-state index in [0.29, 0.717) is 53.0 Å². The second kappa shape index (κ2) is 13.7. The first-order valence-corrected chi connectivity index (χ1v) is 17.0. The monoisotopic (exact) mass is 659 g/mol. The van der Waals surface area contributed by atoms with E-state index in [1.807, 2.05) is 30.3 Å². The number of rotatable bonds is 10. The van der Waals surface area contributed by atoms with E-state index < -0.39 is 0 Å². The third-order valence-electron chi connectivity index (χ3n) is 9.54. The number of likely N-dealkylation sites (tertiary alicyclic amines) is 1. The Morgan fingerprint density at radius 3 is 2.73 bits per heavy atom. The fourth-order valence-electron chi connectivity index (χ4n) is 6.99. The number of carbonyl (C=O) groups excluding carboxylic acids is 1. The number of anilines is 1. The third-order valence-corrected chi connectivity index (χ3v) is 9.54. The number of carbonyl (C=O) groups is 1. The molecule has 0 saturated carbocycles. The summed E-state index contributed by atoms with van der Waals surface area (Å²) in [5, 5.41) is 15.8. The normalized spacial score (nSPS) is 15.7. The fraction of sp³-hybridized carbons (Fsp3) is 0.324. The van der Waals surface area contributed by atoms with Gasteiger partial charge in [0, 0.05) is 47.8 Å². The second-order valence-electron chi connectivity index (χ2n) is 13.0. The van der Waals surface area contributed by atoms with Gasteiger partial charge in [0.25, 0.3) is 0 Å². The molecule has 2 saturated heterocycles. The molecule has 0 unspecified atom stereocenters. The zero-order chi connectivity index (χ0) is 33.2. The van der Waals surface area contributed by atoms with Crippen LogP contribution in [0.25, 0.3) is 55.7 Å². The standard InChI is InChI=1S/C37H38FN9O2/c38-26-14-24(16-28(17-26)49-12-11-47-9-1-2-10-47)29-5-8-41-37-30(29)18-33(44-37)36-31-19-32(42-22-34(31)45-46-36)25-15-27(21-40-20-25)43-35(48)13-23-3-6-39-7-4-23/h5,8,14-23,39H,1-4,6-7,9-13H2,(H,41,44)(H,43,48)(H,45,46). The van der Waals surface area contributed by atoms with Gasteiger partial charge in [-0.2, -0.15) is 5.10 Å². The van der Waals surface area contributed by atoms with Gasteiger partial charge in [0.05, 0.1) is 35.0 Å². The number of aromatic nitrogens is 6. The lowest BCUT2D eigenvalue weighted by molar-refractivity contribution is -0.117. The molecule has 2 aliphatic heterocycles. The minimum atomic E-state index is -0.354. The van der Waals surface area contributed by atoms with Crippen LogP contribution in [0.4, 0.5) is 10.1 Å². The van der Waals surface area contributed by atoms with Crippen LogP contribution in [0.15, 0.2) is 67.3 Å². The lowest BCUT2D eigenvalue weighted by Gasteiger charge is -2.21. The first-order chi connectivity index (χ1) is 24.1. The van der Waals surface area contributed by atoms with E-state index in [0.717, 1.165) is 78.7 Å². The van der Waals surface area contributed by atoms with Crippen molar-refractivity contribution in [2.45, 2.75) is 32.1 Å². The van der Waals surface area contributed by atoms with E-state index in [1.165, 1.54) is 25.0 Å². The van der Waals surface area contributed by atoms with E-state index in [1.54, 1.807) is 24.8 Å². The van der Waals surface area contributed by atoms with E-state index >= 15 is 0 Å². The molecule has 7 heterocycles. The number of halogens is 1. The Hall–Kier alpha value is -5.20. The average Bonchev–Trinajstić information content (AvgIpc) is 3.88. The number of aromatic amines is 2. The minimum absolute atomic E-state index is 0.00215. The zero-order valence-corrected chi connectivity index (χ0v) is 27.1. The number of ether oxygens (including phenoxy) is 1. The predicted molar refractivity (Wildman–Crippen MR) is 188 cm³/mol. The van der Waals surface area contributed by atoms with Gasteiger partial charge in [-0.25, -0.2) is 9.37 Å². The van der Waals surface area contributed by atoms with Crippen molar-refractivity contribution in [3.8, 4) is 39.5 Å². The van der Waals surface area contributed by atoms with Gasteiger partial charge in [0.15, 0.2) is 0 Å². The Morgan fingerprint density at radius 2 is 1.86 bits per heavy atom. The Balaban J connectivity index is 1.05. The molecule has 8 rings (SSSR count). The molecule has 250 valence electrons. The summed E-state index contributed by atoms with van der Waals surface area (Å²) < 4.78 is 20.8. The molecule has 0 aliphatic carbocycles. The summed E-state index contributed by atoms with van der Waals surface area (Å²) in [6.07, 6.45) is 11.8. The second-order valence-corrected chi connectivity index (χ2v) is 13.0. The number of piperidine rings is 1. The van der Waals surface area contributed by atoms with Gasteiger partial charge in [-0.1, -0.05) is 0 Å². The van der Waals surface area contributed by atoms with Crippen LogP contribution in [0.5, 0.6) is 5.75 Å². The quantitative estimate of drug-likeness (QED) is 0.137. The number of nitrogens with zero attached hydrogens (tertiary/aromatic N) is 5. The van der Waals surface area contributed by atoms with Crippen molar-refractivity contribution < 1.29 is 13.9 Å². The summed E-state index contributed by atoms with van der Waals surface area (Å²) in [5.41, 5.74) is 6.55. The molecule has 0 radical (unpaired) electrons. The fourth-order valence-corrected chi connectivity index (χ4v) is 6.99. The Labute approximate surface area is 282 Å². The molecule has 0 spiro atoms. The maximum atomic E-state index is 14.8. The van der Waals surface area contributed by atoms with Gasteiger partial charge < -0.3 is 20.4 Å². The van der Waals surface area contributed by atoms with Crippen LogP contribution in [0.2, 0.25) is 0 Å². The molecule has 12 heteroatoms. The van der Waals surface area contributed by atoms with Gasteiger partial charge in [0.2, 0.25) is 5.91 Å². The molecule has 6 aromatic rings. The van der Waals surface area contributed by atoms with Crippen molar-refractivity contribution >= 4 is 33.5 Å². The molecule has 5 aromatic heterocycles. The molecular weight excluding hydrogens is 621 g/mol. The molecule has 1 amide bonds. The minimum Gasteiger partial charge on any atom is -0.492 e. The molecule has 0 bridgehead atoms. The highest BCUT2D eigenvalue weighted by atomic mass is 19.1. The van der Waals surface area contributed by atoms with Crippen LogP contribution in [-0.2, 0) is 4.79 Å². The van der Waals surface area contributed by atoms with Gasteiger partial charge in [0.1, 0.15) is 29.5 Å². The highest BCUT2D eigenvalue weighted by Crippen LogP contribution is 2.35. The van der Waals surface area contributed by atoms with Crippen molar-refractivity contribution in [3.05, 3.63) is 73.1 Å². The Morgan fingerprint density at radius 1 is 0.980 bits per heavy atom. The SMILES string of the molecule is O=C(CC1CCNCC1)Nc1cncc(-c2cc3c(-c4cc5c(-c6cc(F)cc(OCCN7CCCC7)c6)ccnc5[nH]4)n[nH]c3cn2)c1. The van der Waals surface area contributed by atoms with Crippen molar-refractivity contribution in [1.29, 1.82) is 0 Å². The number of hydrogen-bond donors (Lipinski definition) is 4. The van der Waals surface area contributed by atoms with Crippen molar-refractivity contribution in [2.75, 3.05) is 44.6 Å². The van der Waals surface area contributed by atoms with Gasteiger partial charge in [-0.05, 0) is 105 Å². The smallest absolute Gasteiger partial charge is 0.224 e. The van der Waals surface area contributed by atoms with Gasteiger partial charge in [-0.15, -0.1) is 0 Å². The van der Waals surface area contributed by atoms with Crippen LogP contribution >= 0.6 is 0 Å². The summed E-state index contributed by atoms with van der Waals surface area (Å²) in [4.78, 5) is 32.1. The van der Waals surface area contributed by atoms with E-state index in [4.69, 9.17) is 4.74 Å². The maximum absolute atomic E-state index is 14.8. The van der Waals surface area contributed by atoms with E-state index in [2.05, 4.69) is 45.7 Å². The summed E-state index contributed by atoms with van der Waals surface area (Å²) in [5.74, 6) is 0.546. The molecular formula is C37H38FN9O2. The molecule has 2 fully saturated rings. The van der Waals surface area contributed by atoms with E-state index in [9.17, 15) is 9.18 Å². The van der Waals surface area contributed by atoms with Crippen LogP contribution < -0.4 is 15.4 Å². The van der Waals surface area contributed by atoms with E-state index in [-0.39, 0.29) is 11.7 Å². The average molecular weight is 660 g/mol. The number of pyridine rings is 3. The number of fused-ring (bicyclic) bond motifs is 2. The first-order valence-electron chi connectivity index (χ1n) is 17.0. The number of hydrogen-bond acceptors (Lipinski definition) is 8. The molecule has 1 aromatic carbocycles. The van der Waals surface area contributed by atoms with Gasteiger partial charge >= 0.3 is 0 Å². The highest BCUT2D eigenvalue weighted by molar-refractivity contribution is 6.00. The van der Waals surface area contributed by atoms with Crippen LogP contribution in [0.1, 0.15) is 32.1 Å². The van der Waals surface area contributed by atoms with Crippen molar-refractivity contribution in [3.63, 3.8) is 0 Å². The first kappa shape index (κ1) is 31.1. The molecule has 4 N–H and O–H groups in total. The Kier molecular flexibility index (Phi) is 8.71. The number of nitrogens with one attached hydrogen (secondary N) is 4. The molecule has 2 aliphatic rings. The molecule has 0 atom stereocenters. The van der Waals surface area contributed by atoms with Crippen LogP contribution in [-0.4, -0.2) is 80.3 Å². The summed E-state index contributed by atoms with van der Waals surface area (Å²) in [7, 11) is 0. The topological polar surface area (TPSA) is 137 Å². The Bertz CT molecular complexity index is 2110. The van der Waals surface area contributed by atoms with Crippen LogP contribution in [0.3, 0.4) is 0 Å². The highest BCUT2D eigenvalue weighted by Gasteiger charge is 2.19. The third kappa shape index (κ3) is 6.87. The maximum Gasteiger partial charge on any atom is 0.224 e. The predicted octanol–water partition coefficient (Wildman–Crippen LogP) is 6.17. The summed E-state index contributed by atoms with van der Waals surface area (Å²) in [6, 6.07) is 12.6. The summed E-state index contributed by atoms with van der Waals surface area (Å²) in [6.45, 7) is 5.44. The number of benzene rings is 1. The largest absolute Gasteiger partial charge is 0.492 e.